The number of aliphatic hydroxyl groups excluding tert-OH is 1. The largest absolute Gasteiger partial charge is 0.480 e. The van der Waals surface area contributed by atoms with Crippen LogP contribution in [0.4, 0.5) is 0 Å². The number of nitrogens with two attached hydrogens (primary N) is 1. The third-order valence-corrected chi connectivity index (χ3v) is 3.25. The monoisotopic (exact) mass is 291 g/mol. The van der Waals surface area contributed by atoms with Gasteiger partial charge < -0.3 is 26.2 Å². The van der Waals surface area contributed by atoms with Gasteiger partial charge in [0.05, 0.1) is 6.61 Å². The molecule has 0 aliphatic carbocycles. The lowest BCUT2D eigenvalue weighted by molar-refractivity contribution is -0.142. The number of aromatic amines is 1. The number of hydrogen-bond acceptors (Lipinski definition) is 4. The number of aliphatic carboxylic acids is 1. The van der Waals surface area contributed by atoms with E-state index >= 15 is 0 Å². The molecule has 0 radical (unpaired) electrons. The zero-order valence-electron chi connectivity index (χ0n) is 11.2. The molecular weight excluding hydrogens is 274 g/mol. The first kappa shape index (κ1) is 15.0. The van der Waals surface area contributed by atoms with Gasteiger partial charge in [0.1, 0.15) is 12.1 Å². The Labute approximate surface area is 120 Å². The predicted molar refractivity (Wildman–Crippen MR) is 76.6 cm³/mol. The summed E-state index contributed by atoms with van der Waals surface area (Å²) >= 11 is 0. The number of para-hydroxylation sites is 1. The maximum Gasteiger partial charge on any atom is 0.326 e. The molecule has 0 saturated carbocycles. The molecule has 1 amide bonds. The molecule has 0 aliphatic heterocycles. The van der Waals surface area contributed by atoms with Crippen molar-refractivity contribution in [1.82, 2.24) is 10.3 Å². The van der Waals surface area contributed by atoms with Gasteiger partial charge in [0.2, 0.25) is 5.91 Å². The van der Waals surface area contributed by atoms with Crippen LogP contribution in [0.1, 0.15) is 5.56 Å². The van der Waals surface area contributed by atoms with Gasteiger partial charge in [0.25, 0.3) is 0 Å². The van der Waals surface area contributed by atoms with Crippen LogP contribution in [0.5, 0.6) is 0 Å². The maximum atomic E-state index is 11.6. The van der Waals surface area contributed by atoms with Crippen molar-refractivity contribution in [3.8, 4) is 0 Å². The fourth-order valence-electron chi connectivity index (χ4n) is 2.08. The summed E-state index contributed by atoms with van der Waals surface area (Å²) in [5, 5.41) is 21.3. The van der Waals surface area contributed by atoms with Gasteiger partial charge in [-0.1, -0.05) is 18.2 Å². The van der Waals surface area contributed by atoms with Gasteiger partial charge in [-0.3, -0.25) is 4.79 Å². The van der Waals surface area contributed by atoms with Gasteiger partial charge >= 0.3 is 5.97 Å². The summed E-state index contributed by atoms with van der Waals surface area (Å²) in [7, 11) is 0. The molecule has 0 unspecified atom stereocenters. The standard InChI is InChI=1S/C14H17N3O4/c15-10(7-18)13(19)17-12(14(20)21)5-8-6-16-11-4-2-1-3-9(8)11/h1-4,6,10,12,16,18H,5,7,15H2,(H,17,19)(H,20,21)/t10-,12-/m0/s1. The van der Waals surface area contributed by atoms with Gasteiger partial charge in [-0.25, -0.2) is 4.79 Å². The normalized spacial score (nSPS) is 13.8. The molecule has 2 atom stereocenters. The SMILES string of the molecule is N[C@@H](CO)C(=O)N[C@@H](Cc1c[nH]c2ccccc12)C(=O)O. The molecule has 0 saturated heterocycles. The number of aromatic nitrogens is 1. The van der Waals surface area contributed by atoms with Crippen molar-refractivity contribution < 1.29 is 19.8 Å². The van der Waals surface area contributed by atoms with Gasteiger partial charge in [-0.15, -0.1) is 0 Å². The Kier molecular flexibility index (Phi) is 4.56. The fraction of sp³-hybridized carbons (Fsp3) is 0.286. The molecule has 21 heavy (non-hydrogen) atoms. The van der Waals surface area contributed by atoms with Crippen LogP contribution in [0, 0.1) is 0 Å². The van der Waals surface area contributed by atoms with E-state index in [4.69, 9.17) is 10.8 Å². The van der Waals surface area contributed by atoms with Crippen LogP contribution in [-0.2, 0) is 16.0 Å². The number of carbonyl (C=O) groups excluding carboxylic acids is 1. The molecular formula is C14H17N3O4. The molecule has 0 fully saturated rings. The van der Waals surface area contributed by atoms with Gasteiger partial charge in [0.15, 0.2) is 0 Å². The van der Waals surface area contributed by atoms with Crippen molar-refractivity contribution in [2.75, 3.05) is 6.61 Å². The molecule has 7 nitrogen and oxygen atoms in total. The van der Waals surface area contributed by atoms with Crippen LogP contribution in [0.3, 0.4) is 0 Å². The summed E-state index contributed by atoms with van der Waals surface area (Å²) in [6.07, 6.45) is 1.85. The third kappa shape index (κ3) is 3.39. The Morgan fingerprint density at radius 3 is 2.71 bits per heavy atom. The van der Waals surface area contributed by atoms with Crippen LogP contribution in [0.25, 0.3) is 10.9 Å². The van der Waals surface area contributed by atoms with E-state index in [1.165, 1.54) is 0 Å². The van der Waals surface area contributed by atoms with E-state index in [2.05, 4.69) is 10.3 Å². The summed E-state index contributed by atoms with van der Waals surface area (Å²) in [5.41, 5.74) is 7.05. The second kappa shape index (κ2) is 6.38. The molecule has 112 valence electrons. The van der Waals surface area contributed by atoms with Crippen LogP contribution < -0.4 is 11.1 Å². The first-order chi connectivity index (χ1) is 10.0. The van der Waals surface area contributed by atoms with E-state index in [9.17, 15) is 14.7 Å². The highest BCUT2D eigenvalue weighted by Gasteiger charge is 2.24. The van der Waals surface area contributed by atoms with Crippen molar-refractivity contribution in [3.63, 3.8) is 0 Å². The lowest BCUT2D eigenvalue weighted by Gasteiger charge is -2.16. The first-order valence-corrected chi connectivity index (χ1v) is 6.47. The molecule has 0 bridgehead atoms. The average Bonchev–Trinajstić information content (AvgIpc) is 2.88. The molecule has 2 rings (SSSR count). The quantitative estimate of drug-likeness (QED) is 0.494. The van der Waals surface area contributed by atoms with Gasteiger partial charge in [-0.2, -0.15) is 0 Å². The van der Waals surface area contributed by atoms with Crippen molar-refractivity contribution in [1.29, 1.82) is 0 Å². The number of rotatable bonds is 6. The number of H-pyrrole nitrogens is 1. The minimum Gasteiger partial charge on any atom is -0.480 e. The smallest absolute Gasteiger partial charge is 0.326 e. The van der Waals surface area contributed by atoms with E-state index in [1.807, 2.05) is 24.3 Å². The summed E-state index contributed by atoms with van der Waals surface area (Å²) < 4.78 is 0. The summed E-state index contributed by atoms with van der Waals surface area (Å²) in [4.78, 5) is 25.9. The van der Waals surface area contributed by atoms with Crippen molar-refractivity contribution in [3.05, 3.63) is 36.0 Å². The van der Waals surface area contributed by atoms with Crippen molar-refractivity contribution in [2.24, 2.45) is 5.73 Å². The molecule has 2 aromatic rings. The van der Waals surface area contributed by atoms with E-state index in [0.29, 0.717) is 0 Å². The molecule has 1 aromatic carbocycles. The fourth-order valence-corrected chi connectivity index (χ4v) is 2.08. The van der Waals surface area contributed by atoms with Crippen molar-refractivity contribution in [2.45, 2.75) is 18.5 Å². The van der Waals surface area contributed by atoms with Gasteiger partial charge in [-0.05, 0) is 11.6 Å². The zero-order valence-corrected chi connectivity index (χ0v) is 11.2. The highest BCUT2D eigenvalue weighted by atomic mass is 16.4. The third-order valence-electron chi connectivity index (χ3n) is 3.25. The van der Waals surface area contributed by atoms with Crippen LogP contribution in [0.15, 0.2) is 30.5 Å². The lowest BCUT2D eigenvalue weighted by Crippen LogP contribution is -2.50. The van der Waals surface area contributed by atoms with Crippen LogP contribution in [0.2, 0.25) is 0 Å². The summed E-state index contributed by atoms with van der Waals surface area (Å²) in [6, 6.07) is 5.26. The first-order valence-electron chi connectivity index (χ1n) is 6.47. The number of carboxylic acids is 1. The number of aliphatic hydroxyl groups is 1. The molecule has 0 aliphatic rings. The second-order valence-corrected chi connectivity index (χ2v) is 4.75. The van der Waals surface area contributed by atoms with E-state index in [1.54, 1.807) is 6.20 Å². The second-order valence-electron chi connectivity index (χ2n) is 4.75. The Balaban J connectivity index is 2.17. The topological polar surface area (TPSA) is 128 Å². The molecule has 0 spiro atoms. The minimum absolute atomic E-state index is 0.128. The average molecular weight is 291 g/mol. The number of nitrogens with one attached hydrogen (secondary N) is 2. The summed E-state index contributed by atoms with van der Waals surface area (Å²) in [6.45, 7) is -0.536. The molecule has 1 heterocycles. The number of carboxylic acid groups (broad SMARTS) is 1. The Morgan fingerprint density at radius 2 is 2.05 bits per heavy atom. The predicted octanol–water partition coefficient (Wildman–Crippen LogP) is -0.401. The molecule has 1 aromatic heterocycles. The number of benzene rings is 1. The number of amides is 1. The van der Waals surface area contributed by atoms with E-state index in [-0.39, 0.29) is 6.42 Å². The Morgan fingerprint density at radius 1 is 1.33 bits per heavy atom. The highest BCUT2D eigenvalue weighted by molar-refractivity contribution is 5.88. The van der Waals surface area contributed by atoms with Crippen LogP contribution in [-0.4, -0.2) is 45.8 Å². The van der Waals surface area contributed by atoms with Crippen molar-refractivity contribution >= 4 is 22.8 Å². The Bertz CT molecular complexity index is 652. The lowest BCUT2D eigenvalue weighted by atomic mass is 10.0. The number of fused-ring (bicyclic) bond motifs is 1. The molecule has 6 N–H and O–H groups in total. The van der Waals surface area contributed by atoms with E-state index < -0.39 is 30.6 Å². The van der Waals surface area contributed by atoms with Crippen LogP contribution >= 0.6 is 0 Å². The number of hydrogen-bond donors (Lipinski definition) is 5. The number of carbonyl (C=O) groups is 2. The Hall–Kier alpha value is -2.38. The zero-order chi connectivity index (χ0) is 15.4. The van der Waals surface area contributed by atoms with E-state index in [0.717, 1.165) is 16.5 Å². The highest BCUT2D eigenvalue weighted by Crippen LogP contribution is 2.19. The minimum atomic E-state index is -1.15. The molecule has 7 heteroatoms. The maximum absolute atomic E-state index is 11.6. The van der Waals surface area contributed by atoms with Gasteiger partial charge in [0, 0.05) is 23.5 Å². The summed E-state index contributed by atoms with van der Waals surface area (Å²) in [5.74, 6) is -1.84.